The molecule has 1 heteroatoms. The standard InChI is InChI=1S/C26H36O/c1-5-24(2)17-14-21-20(18-24)12-13-22-25(21,3)15-9-16-26(22,4)23(27)19-10-7-6-8-11-19/h6-8,10-11,14,20,22H,5,9,12-13,15-18H2,1-4H3/t20?,22?,24-,25-,26+/m0/s1. The minimum absolute atomic E-state index is 0.217. The minimum Gasteiger partial charge on any atom is -0.294 e. The number of allylic oxidation sites excluding steroid dienone is 2. The first-order valence-corrected chi connectivity index (χ1v) is 11.1. The van der Waals surface area contributed by atoms with Crippen molar-refractivity contribution in [3.05, 3.63) is 47.5 Å². The molecule has 0 saturated heterocycles. The number of ketones is 1. The van der Waals surface area contributed by atoms with Gasteiger partial charge in [0.1, 0.15) is 0 Å². The molecule has 2 fully saturated rings. The highest BCUT2D eigenvalue weighted by atomic mass is 16.1. The van der Waals surface area contributed by atoms with E-state index in [0.29, 0.717) is 17.1 Å². The van der Waals surface area contributed by atoms with Crippen LogP contribution in [0.15, 0.2) is 42.0 Å². The number of benzene rings is 1. The fraction of sp³-hybridized carbons (Fsp3) is 0.654. The molecule has 0 bridgehead atoms. The molecule has 1 aromatic rings. The Morgan fingerprint density at radius 2 is 1.81 bits per heavy atom. The number of carbonyl (C=O) groups excluding carboxylic acids is 1. The smallest absolute Gasteiger partial charge is 0.169 e. The van der Waals surface area contributed by atoms with Crippen LogP contribution < -0.4 is 0 Å². The van der Waals surface area contributed by atoms with Crippen LogP contribution in [0.25, 0.3) is 0 Å². The van der Waals surface area contributed by atoms with E-state index in [9.17, 15) is 4.79 Å². The van der Waals surface area contributed by atoms with Crippen LogP contribution in [-0.4, -0.2) is 5.78 Å². The van der Waals surface area contributed by atoms with Crippen molar-refractivity contribution in [3.63, 3.8) is 0 Å². The zero-order valence-electron chi connectivity index (χ0n) is 17.7. The molecule has 5 atom stereocenters. The van der Waals surface area contributed by atoms with E-state index in [4.69, 9.17) is 0 Å². The van der Waals surface area contributed by atoms with E-state index in [1.54, 1.807) is 5.57 Å². The van der Waals surface area contributed by atoms with Crippen LogP contribution in [0.4, 0.5) is 0 Å². The highest BCUT2D eigenvalue weighted by molar-refractivity contribution is 6.00. The topological polar surface area (TPSA) is 17.1 Å². The van der Waals surface area contributed by atoms with Gasteiger partial charge in [0.25, 0.3) is 0 Å². The molecule has 4 rings (SSSR count). The SMILES string of the molecule is CC[C@@]1(C)CC=C2C(CCC3[C@](C)(C(=O)c4ccccc4)CCC[C@@]23C)C1. The van der Waals surface area contributed by atoms with Crippen molar-refractivity contribution in [3.8, 4) is 0 Å². The molecule has 3 aliphatic carbocycles. The van der Waals surface area contributed by atoms with Gasteiger partial charge in [-0.05, 0) is 61.2 Å². The lowest BCUT2D eigenvalue weighted by Crippen LogP contribution is -2.52. The zero-order chi connectivity index (χ0) is 19.3. The van der Waals surface area contributed by atoms with Crippen molar-refractivity contribution in [1.82, 2.24) is 0 Å². The minimum atomic E-state index is -0.217. The third-order valence-electron chi connectivity index (χ3n) is 8.80. The molecule has 0 aromatic heterocycles. The maximum absolute atomic E-state index is 13.6. The lowest BCUT2D eigenvalue weighted by molar-refractivity contribution is -0.0160. The van der Waals surface area contributed by atoms with Crippen molar-refractivity contribution in [2.24, 2.45) is 28.1 Å². The third-order valence-corrected chi connectivity index (χ3v) is 8.80. The Morgan fingerprint density at radius 3 is 2.52 bits per heavy atom. The first-order chi connectivity index (χ1) is 12.8. The quantitative estimate of drug-likeness (QED) is 0.408. The van der Waals surface area contributed by atoms with Gasteiger partial charge in [-0.1, -0.05) is 82.5 Å². The van der Waals surface area contributed by atoms with Crippen molar-refractivity contribution in [2.75, 3.05) is 0 Å². The molecular formula is C26H36O. The van der Waals surface area contributed by atoms with Gasteiger partial charge in [-0.15, -0.1) is 0 Å². The van der Waals surface area contributed by atoms with E-state index in [1.165, 1.54) is 44.9 Å². The number of rotatable bonds is 3. The number of carbonyl (C=O) groups is 1. The van der Waals surface area contributed by atoms with Crippen LogP contribution in [0, 0.1) is 28.1 Å². The van der Waals surface area contributed by atoms with Crippen LogP contribution in [0.1, 0.15) is 89.4 Å². The second kappa shape index (κ2) is 6.61. The molecule has 0 N–H and O–H groups in total. The van der Waals surface area contributed by atoms with Gasteiger partial charge in [-0.25, -0.2) is 0 Å². The predicted octanol–water partition coefficient (Wildman–Crippen LogP) is 7.23. The van der Waals surface area contributed by atoms with Gasteiger partial charge in [0.2, 0.25) is 0 Å². The Balaban J connectivity index is 1.70. The summed E-state index contributed by atoms with van der Waals surface area (Å²) >= 11 is 0. The van der Waals surface area contributed by atoms with Crippen LogP contribution in [-0.2, 0) is 0 Å². The average molecular weight is 365 g/mol. The maximum Gasteiger partial charge on any atom is 0.169 e. The summed E-state index contributed by atoms with van der Waals surface area (Å²) in [5, 5.41) is 0. The molecule has 0 radical (unpaired) electrons. The highest BCUT2D eigenvalue weighted by Crippen LogP contribution is 2.64. The second-order valence-corrected chi connectivity index (χ2v) is 10.4. The number of fused-ring (bicyclic) bond motifs is 3. The molecule has 3 aliphatic rings. The van der Waals surface area contributed by atoms with E-state index in [0.717, 1.165) is 17.9 Å². The molecule has 0 amide bonds. The van der Waals surface area contributed by atoms with Gasteiger partial charge >= 0.3 is 0 Å². The van der Waals surface area contributed by atoms with E-state index in [1.807, 2.05) is 30.3 Å². The van der Waals surface area contributed by atoms with Crippen LogP contribution >= 0.6 is 0 Å². The molecule has 1 aromatic carbocycles. The molecule has 2 unspecified atom stereocenters. The second-order valence-electron chi connectivity index (χ2n) is 10.4. The Labute approximate surface area is 165 Å². The Kier molecular flexibility index (Phi) is 4.64. The zero-order valence-corrected chi connectivity index (χ0v) is 17.7. The molecule has 27 heavy (non-hydrogen) atoms. The van der Waals surface area contributed by atoms with Crippen molar-refractivity contribution in [1.29, 1.82) is 0 Å². The largest absolute Gasteiger partial charge is 0.294 e. The summed E-state index contributed by atoms with van der Waals surface area (Å²) < 4.78 is 0. The lowest BCUT2D eigenvalue weighted by Gasteiger charge is -2.59. The number of hydrogen-bond donors (Lipinski definition) is 0. The lowest BCUT2D eigenvalue weighted by atomic mass is 9.45. The first kappa shape index (κ1) is 19.0. The van der Waals surface area contributed by atoms with Gasteiger partial charge in [-0.2, -0.15) is 0 Å². The normalized spacial score (nSPS) is 41.3. The third kappa shape index (κ3) is 2.93. The number of hydrogen-bond acceptors (Lipinski definition) is 1. The van der Waals surface area contributed by atoms with Crippen LogP contribution in [0.5, 0.6) is 0 Å². The molecule has 2 saturated carbocycles. The van der Waals surface area contributed by atoms with E-state index >= 15 is 0 Å². The summed E-state index contributed by atoms with van der Waals surface area (Å²) in [4.78, 5) is 13.6. The monoisotopic (exact) mass is 364 g/mol. The predicted molar refractivity (Wildman–Crippen MR) is 113 cm³/mol. The van der Waals surface area contributed by atoms with E-state index < -0.39 is 0 Å². The van der Waals surface area contributed by atoms with Crippen molar-refractivity contribution >= 4 is 5.78 Å². The molecule has 0 spiro atoms. The van der Waals surface area contributed by atoms with Crippen LogP contribution in [0.3, 0.4) is 0 Å². The van der Waals surface area contributed by atoms with E-state index in [-0.39, 0.29) is 10.8 Å². The first-order valence-electron chi connectivity index (χ1n) is 11.1. The maximum atomic E-state index is 13.6. The molecule has 146 valence electrons. The summed E-state index contributed by atoms with van der Waals surface area (Å²) in [5.74, 6) is 1.62. The molecule has 1 nitrogen and oxygen atoms in total. The summed E-state index contributed by atoms with van der Waals surface area (Å²) in [7, 11) is 0. The molecule has 0 aliphatic heterocycles. The Hall–Kier alpha value is -1.37. The Bertz CT molecular complexity index is 747. The van der Waals surface area contributed by atoms with Crippen molar-refractivity contribution < 1.29 is 4.79 Å². The average Bonchev–Trinajstić information content (AvgIpc) is 2.67. The van der Waals surface area contributed by atoms with Gasteiger partial charge < -0.3 is 0 Å². The molecular weight excluding hydrogens is 328 g/mol. The van der Waals surface area contributed by atoms with E-state index in [2.05, 4.69) is 33.8 Å². The van der Waals surface area contributed by atoms with Gasteiger partial charge in [0.15, 0.2) is 5.78 Å². The molecule has 0 heterocycles. The summed E-state index contributed by atoms with van der Waals surface area (Å²) in [6.07, 6.45) is 12.4. The highest BCUT2D eigenvalue weighted by Gasteiger charge is 2.57. The summed E-state index contributed by atoms with van der Waals surface area (Å²) in [6.45, 7) is 9.60. The number of Topliss-reactive ketones (excluding diaryl/α,β-unsaturated/α-hetero) is 1. The van der Waals surface area contributed by atoms with Crippen molar-refractivity contribution in [2.45, 2.75) is 79.1 Å². The summed E-state index contributed by atoms with van der Waals surface area (Å²) in [5.41, 5.74) is 3.11. The van der Waals surface area contributed by atoms with Gasteiger partial charge in [0.05, 0.1) is 0 Å². The van der Waals surface area contributed by atoms with Crippen LogP contribution in [0.2, 0.25) is 0 Å². The van der Waals surface area contributed by atoms with Gasteiger partial charge in [0, 0.05) is 11.0 Å². The van der Waals surface area contributed by atoms with Gasteiger partial charge in [-0.3, -0.25) is 4.79 Å². The fourth-order valence-electron chi connectivity index (χ4n) is 6.97. The Morgan fingerprint density at radius 1 is 1.07 bits per heavy atom. The summed E-state index contributed by atoms with van der Waals surface area (Å²) in [6, 6.07) is 10.0. The fourth-order valence-corrected chi connectivity index (χ4v) is 6.97.